The molecule has 50 valence electrons. The van der Waals surface area contributed by atoms with Crippen LogP contribution in [0.15, 0.2) is 0 Å². The van der Waals surface area contributed by atoms with Gasteiger partial charge in [0.2, 0.25) is 0 Å². The largest absolute Gasteiger partial charge is 0.372 e. The molecule has 0 amide bonds. The first-order valence-electron chi connectivity index (χ1n) is 2.72. The van der Waals surface area contributed by atoms with Gasteiger partial charge in [0, 0.05) is 0 Å². The van der Waals surface area contributed by atoms with Gasteiger partial charge in [-0.05, 0) is 6.54 Å². The van der Waals surface area contributed by atoms with Gasteiger partial charge in [0.05, 0.1) is 18.6 Å². The van der Waals surface area contributed by atoms with Gasteiger partial charge in [-0.25, -0.2) is 0 Å². The zero-order valence-electron chi connectivity index (χ0n) is 5.06. The Morgan fingerprint density at radius 3 is 2.25 bits per heavy atom. The molecule has 1 atom stereocenters. The van der Waals surface area contributed by atoms with Gasteiger partial charge < -0.3 is 10.5 Å². The van der Waals surface area contributed by atoms with E-state index in [9.17, 15) is 0 Å². The van der Waals surface area contributed by atoms with E-state index in [1.54, 1.807) is 0 Å². The smallest absolute Gasteiger partial charge is 0.0944 e. The summed E-state index contributed by atoms with van der Waals surface area (Å²) in [5.74, 6) is 0.667. The van der Waals surface area contributed by atoms with E-state index >= 15 is 0 Å². The van der Waals surface area contributed by atoms with Crippen molar-refractivity contribution in [2.45, 2.75) is 13.0 Å². The SMILES string of the molecule is CCN.ClCC1CO1. The molecule has 0 saturated carbocycles. The Balaban J connectivity index is 0.000000145. The highest BCUT2D eigenvalue weighted by Gasteiger charge is 2.19. The van der Waals surface area contributed by atoms with Crippen LogP contribution in [-0.4, -0.2) is 25.1 Å². The summed E-state index contributed by atoms with van der Waals surface area (Å²) in [6.45, 7) is 3.53. The molecule has 1 heterocycles. The lowest BCUT2D eigenvalue weighted by Crippen LogP contribution is -1.87. The maximum atomic E-state index is 5.27. The second kappa shape index (κ2) is 5.35. The molecule has 1 aliphatic rings. The molecular weight excluding hydrogens is 126 g/mol. The second-order valence-electron chi connectivity index (χ2n) is 1.52. The zero-order valence-corrected chi connectivity index (χ0v) is 5.82. The van der Waals surface area contributed by atoms with Gasteiger partial charge in [0.15, 0.2) is 0 Å². The predicted molar refractivity (Wildman–Crippen MR) is 35.2 cm³/mol. The molecule has 1 fully saturated rings. The third kappa shape index (κ3) is 6.21. The van der Waals surface area contributed by atoms with Crippen LogP contribution in [0, 0.1) is 0 Å². The number of hydrogen-bond acceptors (Lipinski definition) is 2. The molecule has 0 aromatic carbocycles. The quantitative estimate of drug-likeness (QED) is 0.425. The van der Waals surface area contributed by atoms with Crippen molar-refractivity contribution in [3.05, 3.63) is 0 Å². The van der Waals surface area contributed by atoms with Gasteiger partial charge in [-0.3, -0.25) is 0 Å². The number of halogens is 1. The third-order valence-electron chi connectivity index (χ3n) is 0.574. The molecule has 0 bridgehead atoms. The molecule has 3 heteroatoms. The number of hydrogen-bond donors (Lipinski definition) is 1. The first-order chi connectivity index (χ1) is 3.85. The molecule has 8 heavy (non-hydrogen) atoms. The van der Waals surface area contributed by atoms with Gasteiger partial charge in [-0.1, -0.05) is 6.92 Å². The van der Waals surface area contributed by atoms with Crippen LogP contribution in [0.4, 0.5) is 0 Å². The minimum Gasteiger partial charge on any atom is -0.372 e. The Kier molecular flexibility index (Phi) is 5.49. The summed E-state index contributed by atoms with van der Waals surface area (Å²) in [4.78, 5) is 0. The molecule has 0 aromatic heterocycles. The van der Waals surface area contributed by atoms with Crippen molar-refractivity contribution < 1.29 is 4.74 Å². The van der Waals surface area contributed by atoms with Crippen molar-refractivity contribution in [1.29, 1.82) is 0 Å². The molecule has 2 nitrogen and oxygen atoms in total. The van der Waals surface area contributed by atoms with Crippen LogP contribution in [0.3, 0.4) is 0 Å². The third-order valence-corrected chi connectivity index (χ3v) is 0.919. The van der Waals surface area contributed by atoms with Crippen molar-refractivity contribution in [2.24, 2.45) is 5.73 Å². The summed E-state index contributed by atoms with van der Waals surface area (Å²) in [6.07, 6.45) is 0.400. The zero-order chi connectivity index (χ0) is 6.41. The summed E-state index contributed by atoms with van der Waals surface area (Å²) >= 11 is 5.27. The fourth-order valence-electron chi connectivity index (χ4n) is 0.157. The molecule has 0 spiro atoms. The fraction of sp³-hybridized carbons (Fsp3) is 1.00. The average molecular weight is 138 g/mol. The highest BCUT2D eigenvalue weighted by atomic mass is 35.5. The highest BCUT2D eigenvalue weighted by Crippen LogP contribution is 2.08. The lowest BCUT2D eigenvalue weighted by molar-refractivity contribution is 0.425. The minimum absolute atomic E-state index is 0.400. The topological polar surface area (TPSA) is 38.5 Å². The number of alkyl halides is 1. The maximum Gasteiger partial charge on any atom is 0.0944 e. The summed E-state index contributed by atoms with van der Waals surface area (Å²) in [7, 11) is 0. The molecular formula is C5H12ClNO. The number of nitrogens with two attached hydrogens (primary N) is 1. The van der Waals surface area contributed by atoms with Gasteiger partial charge >= 0.3 is 0 Å². The Hall–Kier alpha value is 0.210. The molecule has 1 saturated heterocycles. The maximum absolute atomic E-state index is 5.27. The van der Waals surface area contributed by atoms with E-state index in [0.29, 0.717) is 12.0 Å². The van der Waals surface area contributed by atoms with Gasteiger partial charge in [0.25, 0.3) is 0 Å². The lowest BCUT2D eigenvalue weighted by Gasteiger charge is -1.67. The Morgan fingerprint density at radius 2 is 2.25 bits per heavy atom. The van der Waals surface area contributed by atoms with Crippen LogP contribution in [0.1, 0.15) is 6.92 Å². The van der Waals surface area contributed by atoms with Gasteiger partial charge in [-0.15, -0.1) is 11.6 Å². The Labute approximate surface area is 55.0 Å². The van der Waals surface area contributed by atoms with Crippen LogP contribution < -0.4 is 5.73 Å². The summed E-state index contributed by atoms with van der Waals surface area (Å²) in [5.41, 5.74) is 4.85. The van der Waals surface area contributed by atoms with Crippen molar-refractivity contribution >= 4 is 11.6 Å². The predicted octanol–water partition coefficient (Wildman–Crippen LogP) is 0.589. The van der Waals surface area contributed by atoms with Crippen molar-refractivity contribution in [3.8, 4) is 0 Å². The van der Waals surface area contributed by atoms with E-state index in [4.69, 9.17) is 22.1 Å². The van der Waals surface area contributed by atoms with Crippen LogP contribution >= 0.6 is 11.6 Å². The van der Waals surface area contributed by atoms with E-state index < -0.39 is 0 Å². The van der Waals surface area contributed by atoms with Crippen LogP contribution in [0.2, 0.25) is 0 Å². The Bertz CT molecular complexity index is 47.7. The molecule has 1 rings (SSSR count). The molecule has 2 N–H and O–H groups in total. The molecule has 0 aliphatic carbocycles. The number of rotatable bonds is 1. The lowest BCUT2D eigenvalue weighted by atomic mass is 10.6. The highest BCUT2D eigenvalue weighted by molar-refractivity contribution is 6.18. The van der Waals surface area contributed by atoms with Gasteiger partial charge in [-0.2, -0.15) is 0 Å². The second-order valence-corrected chi connectivity index (χ2v) is 1.83. The first kappa shape index (κ1) is 8.21. The summed E-state index contributed by atoms with van der Waals surface area (Å²) < 4.78 is 4.73. The summed E-state index contributed by atoms with van der Waals surface area (Å²) in [5, 5.41) is 0. The molecule has 1 unspecified atom stereocenters. The van der Waals surface area contributed by atoms with Crippen LogP contribution in [0.5, 0.6) is 0 Å². The molecule has 0 aromatic rings. The van der Waals surface area contributed by atoms with E-state index in [-0.39, 0.29) is 0 Å². The van der Waals surface area contributed by atoms with Crippen molar-refractivity contribution in [2.75, 3.05) is 19.0 Å². The standard InChI is InChI=1S/C3H5ClO.C2H7N/c4-1-3-2-5-3;1-2-3/h3H,1-2H2;2-3H2,1H3. The van der Waals surface area contributed by atoms with Crippen LogP contribution in [-0.2, 0) is 4.74 Å². The Morgan fingerprint density at radius 1 is 1.88 bits per heavy atom. The minimum atomic E-state index is 0.400. The first-order valence-corrected chi connectivity index (χ1v) is 3.26. The fourth-order valence-corrected chi connectivity index (χ4v) is 0.335. The van der Waals surface area contributed by atoms with E-state index in [2.05, 4.69) is 0 Å². The molecule has 0 radical (unpaired) electrons. The van der Waals surface area contributed by atoms with E-state index in [1.807, 2.05) is 6.92 Å². The van der Waals surface area contributed by atoms with E-state index in [1.165, 1.54) is 0 Å². The van der Waals surface area contributed by atoms with Crippen LogP contribution in [0.25, 0.3) is 0 Å². The normalized spacial score (nSPS) is 23.6. The van der Waals surface area contributed by atoms with Crippen molar-refractivity contribution in [3.63, 3.8) is 0 Å². The summed E-state index contributed by atoms with van der Waals surface area (Å²) in [6, 6.07) is 0. The molecule has 1 aliphatic heterocycles. The van der Waals surface area contributed by atoms with Crippen molar-refractivity contribution in [1.82, 2.24) is 0 Å². The van der Waals surface area contributed by atoms with Gasteiger partial charge in [0.1, 0.15) is 0 Å². The van der Waals surface area contributed by atoms with E-state index in [0.717, 1.165) is 13.2 Å². The average Bonchev–Trinajstić information content (AvgIpc) is 2.48. The number of ether oxygens (including phenoxy) is 1. The monoisotopic (exact) mass is 137 g/mol. The number of epoxide rings is 1.